The molecule has 1 aliphatic rings. The first-order chi connectivity index (χ1) is 6.43. The first-order valence-corrected chi connectivity index (χ1v) is 4.31. The van der Waals surface area contributed by atoms with Crippen molar-refractivity contribution in [2.75, 3.05) is 6.61 Å². The molecule has 0 saturated carbocycles. The van der Waals surface area contributed by atoms with Crippen molar-refractivity contribution in [2.24, 2.45) is 0 Å². The van der Waals surface area contributed by atoms with E-state index in [0.717, 1.165) is 18.7 Å². The number of ether oxygens (including phenoxy) is 1. The number of hydrogen-bond acceptors (Lipinski definition) is 3. The number of nitrogens with zero attached hydrogens (tertiary/aromatic N) is 3. The number of epoxide rings is 1. The van der Waals surface area contributed by atoms with Crippen LogP contribution in [-0.2, 0) is 11.2 Å². The highest BCUT2D eigenvalue weighted by atomic mass is 16.6. The van der Waals surface area contributed by atoms with E-state index >= 15 is 0 Å². The molecule has 1 saturated heterocycles. The van der Waals surface area contributed by atoms with Crippen LogP contribution >= 0.6 is 0 Å². The first kappa shape index (κ1) is 7.03. The van der Waals surface area contributed by atoms with E-state index in [1.165, 1.54) is 5.69 Å². The molecule has 0 amide bonds. The van der Waals surface area contributed by atoms with Crippen LogP contribution in [-0.4, -0.2) is 27.1 Å². The monoisotopic (exact) mass is 175 g/mol. The molecule has 3 heterocycles. The Morgan fingerprint density at radius 2 is 2.46 bits per heavy atom. The molecule has 0 radical (unpaired) electrons. The van der Waals surface area contributed by atoms with Crippen LogP contribution in [0.15, 0.2) is 24.8 Å². The van der Waals surface area contributed by atoms with E-state index in [0.29, 0.717) is 6.10 Å². The molecule has 13 heavy (non-hydrogen) atoms. The van der Waals surface area contributed by atoms with Gasteiger partial charge in [-0.05, 0) is 0 Å². The van der Waals surface area contributed by atoms with E-state index in [9.17, 15) is 0 Å². The molecule has 2 aromatic heterocycles. The smallest absolute Gasteiger partial charge is 0.155 e. The molecule has 0 aliphatic carbocycles. The minimum Gasteiger partial charge on any atom is -0.373 e. The van der Waals surface area contributed by atoms with Gasteiger partial charge in [0.1, 0.15) is 0 Å². The number of fused-ring (bicyclic) bond motifs is 1. The number of imidazole rings is 1. The van der Waals surface area contributed by atoms with Crippen LogP contribution in [0.4, 0.5) is 0 Å². The average molecular weight is 175 g/mol. The zero-order valence-electron chi connectivity index (χ0n) is 7.05. The summed E-state index contributed by atoms with van der Waals surface area (Å²) in [5, 5.41) is 0. The Morgan fingerprint density at radius 3 is 3.31 bits per heavy atom. The molecule has 1 atom stereocenters. The van der Waals surface area contributed by atoms with E-state index < -0.39 is 0 Å². The van der Waals surface area contributed by atoms with Gasteiger partial charge in [-0.15, -0.1) is 0 Å². The Bertz CT molecular complexity index is 433. The second kappa shape index (κ2) is 2.53. The van der Waals surface area contributed by atoms with Crippen LogP contribution in [0.25, 0.3) is 5.65 Å². The third-order valence-corrected chi connectivity index (χ3v) is 2.23. The average Bonchev–Trinajstić information content (AvgIpc) is 2.88. The van der Waals surface area contributed by atoms with Gasteiger partial charge in [0.25, 0.3) is 0 Å². The summed E-state index contributed by atoms with van der Waals surface area (Å²) in [6.07, 6.45) is 8.71. The Morgan fingerprint density at radius 1 is 1.54 bits per heavy atom. The van der Waals surface area contributed by atoms with Crippen molar-refractivity contribution in [2.45, 2.75) is 12.5 Å². The minimum atomic E-state index is 0.410. The third-order valence-electron chi connectivity index (χ3n) is 2.23. The maximum Gasteiger partial charge on any atom is 0.155 e. The van der Waals surface area contributed by atoms with Gasteiger partial charge in [-0.2, -0.15) is 0 Å². The van der Waals surface area contributed by atoms with Crippen molar-refractivity contribution in [3.05, 3.63) is 30.5 Å². The lowest BCUT2D eigenvalue weighted by molar-refractivity contribution is 0.406. The zero-order valence-corrected chi connectivity index (χ0v) is 7.05. The Hall–Kier alpha value is -1.42. The van der Waals surface area contributed by atoms with Gasteiger partial charge in [0, 0.05) is 30.7 Å². The molecule has 1 aliphatic heterocycles. The molecule has 3 rings (SSSR count). The fraction of sp³-hybridized carbons (Fsp3) is 0.333. The summed E-state index contributed by atoms with van der Waals surface area (Å²) in [4.78, 5) is 8.25. The highest BCUT2D eigenvalue weighted by molar-refractivity contribution is 5.37. The molecule has 2 aromatic rings. The zero-order chi connectivity index (χ0) is 8.67. The fourth-order valence-corrected chi connectivity index (χ4v) is 1.46. The molecule has 4 heteroatoms. The number of rotatable bonds is 2. The second-order valence-electron chi connectivity index (χ2n) is 3.21. The summed E-state index contributed by atoms with van der Waals surface area (Å²) in [6, 6.07) is 0. The van der Waals surface area contributed by atoms with Crippen molar-refractivity contribution in [1.82, 2.24) is 14.4 Å². The van der Waals surface area contributed by atoms with Crippen molar-refractivity contribution >= 4 is 5.65 Å². The maximum absolute atomic E-state index is 5.17. The van der Waals surface area contributed by atoms with Gasteiger partial charge in [-0.3, -0.25) is 4.98 Å². The van der Waals surface area contributed by atoms with Gasteiger partial charge >= 0.3 is 0 Å². The molecular weight excluding hydrogens is 166 g/mol. The highest BCUT2D eigenvalue weighted by Gasteiger charge is 2.23. The predicted molar refractivity (Wildman–Crippen MR) is 46.4 cm³/mol. The van der Waals surface area contributed by atoms with Crippen molar-refractivity contribution < 1.29 is 4.74 Å². The summed E-state index contributed by atoms with van der Waals surface area (Å²) >= 11 is 0. The quantitative estimate of drug-likeness (QED) is 0.630. The molecule has 1 fully saturated rings. The van der Waals surface area contributed by atoms with Gasteiger partial charge < -0.3 is 9.14 Å². The van der Waals surface area contributed by atoms with Gasteiger partial charge in [-0.1, -0.05) is 0 Å². The summed E-state index contributed by atoms with van der Waals surface area (Å²) in [7, 11) is 0. The van der Waals surface area contributed by atoms with Crippen LogP contribution < -0.4 is 0 Å². The van der Waals surface area contributed by atoms with E-state index in [4.69, 9.17) is 4.74 Å². The molecular formula is C9H9N3O. The maximum atomic E-state index is 5.17. The minimum absolute atomic E-state index is 0.410. The summed E-state index contributed by atoms with van der Waals surface area (Å²) in [5.74, 6) is 0. The van der Waals surface area contributed by atoms with E-state index in [1.54, 1.807) is 12.4 Å². The molecule has 1 unspecified atom stereocenters. The van der Waals surface area contributed by atoms with Gasteiger partial charge in [0.15, 0.2) is 5.65 Å². The van der Waals surface area contributed by atoms with Crippen molar-refractivity contribution in [1.29, 1.82) is 0 Å². The second-order valence-corrected chi connectivity index (χ2v) is 3.21. The van der Waals surface area contributed by atoms with Gasteiger partial charge in [-0.25, -0.2) is 4.98 Å². The lowest BCUT2D eigenvalue weighted by Crippen LogP contribution is -1.97. The lowest BCUT2D eigenvalue weighted by Gasteiger charge is -1.96. The normalized spacial score (nSPS) is 20.8. The van der Waals surface area contributed by atoms with Crippen LogP contribution in [0.3, 0.4) is 0 Å². The Balaban J connectivity index is 2.06. The van der Waals surface area contributed by atoms with Crippen LogP contribution in [0.1, 0.15) is 5.69 Å². The number of hydrogen-bond donors (Lipinski definition) is 0. The Labute approximate surface area is 75.2 Å². The van der Waals surface area contributed by atoms with Crippen LogP contribution in [0, 0.1) is 0 Å². The van der Waals surface area contributed by atoms with Gasteiger partial charge in [0.05, 0.1) is 18.9 Å². The standard InChI is InChI=1S/C9H9N3O/c1-2-12-7(3-8-6-13-8)4-11-9(12)5-10-1/h1-2,4-5,8H,3,6H2. The SMILES string of the molecule is c1cn2c(CC3CO3)cnc2cn1. The Kier molecular flexibility index (Phi) is 1.37. The summed E-state index contributed by atoms with van der Waals surface area (Å²) in [6.45, 7) is 0.887. The lowest BCUT2D eigenvalue weighted by atomic mass is 10.3. The molecule has 0 bridgehead atoms. The predicted octanol–water partition coefficient (Wildman–Crippen LogP) is 0.671. The highest BCUT2D eigenvalue weighted by Crippen LogP contribution is 2.16. The number of aromatic nitrogens is 3. The van der Waals surface area contributed by atoms with E-state index in [2.05, 4.69) is 14.4 Å². The van der Waals surface area contributed by atoms with E-state index in [-0.39, 0.29) is 0 Å². The molecule has 4 nitrogen and oxygen atoms in total. The van der Waals surface area contributed by atoms with Gasteiger partial charge in [0.2, 0.25) is 0 Å². The third kappa shape index (κ3) is 1.19. The largest absolute Gasteiger partial charge is 0.373 e. The topological polar surface area (TPSA) is 42.7 Å². The summed E-state index contributed by atoms with van der Waals surface area (Å²) < 4.78 is 7.22. The molecule has 66 valence electrons. The summed E-state index contributed by atoms with van der Waals surface area (Å²) in [5.41, 5.74) is 2.10. The molecule has 0 spiro atoms. The first-order valence-electron chi connectivity index (χ1n) is 4.31. The van der Waals surface area contributed by atoms with Crippen LogP contribution in [0.2, 0.25) is 0 Å². The molecule has 0 aromatic carbocycles. The van der Waals surface area contributed by atoms with Crippen LogP contribution in [0.5, 0.6) is 0 Å². The van der Waals surface area contributed by atoms with Crippen molar-refractivity contribution in [3.8, 4) is 0 Å². The van der Waals surface area contributed by atoms with E-state index in [1.807, 2.05) is 12.4 Å². The molecule has 0 N–H and O–H groups in total. The fourth-order valence-electron chi connectivity index (χ4n) is 1.46. The van der Waals surface area contributed by atoms with Crippen molar-refractivity contribution in [3.63, 3.8) is 0 Å².